The standard InChI is InChI=1S/C16H16ClNO3/c1-2-21-16(20)15(18-12-6-4-3-5-7-12)11-8-9-14(19)13(17)10-11/h3-10,15,18-19H,2H2,1H3. The van der Waals surface area contributed by atoms with Gasteiger partial charge in [-0.25, -0.2) is 4.79 Å². The Morgan fingerprint density at radius 1 is 1.29 bits per heavy atom. The molecule has 1 unspecified atom stereocenters. The molecule has 0 heterocycles. The summed E-state index contributed by atoms with van der Waals surface area (Å²) in [6.07, 6.45) is 0. The Bertz CT molecular complexity index is 616. The summed E-state index contributed by atoms with van der Waals surface area (Å²) < 4.78 is 5.09. The minimum atomic E-state index is -0.689. The van der Waals surface area contributed by atoms with Crippen molar-refractivity contribution in [2.45, 2.75) is 13.0 Å². The molecule has 0 aliphatic rings. The fraction of sp³-hybridized carbons (Fsp3) is 0.188. The first-order chi connectivity index (χ1) is 10.1. The maximum absolute atomic E-state index is 12.2. The molecule has 4 nitrogen and oxygen atoms in total. The second-order valence-electron chi connectivity index (χ2n) is 4.41. The van der Waals surface area contributed by atoms with Gasteiger partial charge in [0.2, 0.25) is 0 Å². The zero-order chi connectivity index (χ0) is 15.2. The third-order valence-corrected chi connectivity index (χ3v) is 3.21. The van der Waals surface area contributed by atoms with Crippen LogP contribution < -0.4 is 5.32 Å². The van der Waals surface area contributed by atoms with E-state index >= 15 is 0 Å². The fourth-order valence-corrected chi connectivity index (χ4v) is 2.10. The third kappa shape index (κ3) is 3.89. The summed E-state index contributed by atoms with van der Waals surface area (Å²) in [6, 6.07) is 13.3. The molecule has 0 saturated carbocycles. The molecule has 0 bridgehead atoms. The number of carbonyl (C=O) groups is 1. The minimum absolute atomic E-state index is 0.0252. The first-order valence-corrected chi connectivity index (χ1v) is 6.96. The quantitative estimate of drug-likeness (QED) is 0.826. The van der Waals surface area contributed by atoms with Crippen LogP contribution in [-0.2, 0) is 9.53 Å². The van der Waals surface area contributed by atoms with Crippen LogP contribution in [0.2, 0.25) is 5.02 Å². The average Bonchev–Trinajstić information content (AvgIpc) is 2.49. The van der Waals surface area contributed by atoms with E-state index in [0.717, 1.165) is 5.69 Å². The summed E-state index contributed by atoms with van der Waals surface area (Å²) in [5.41, 5.74) is 1.42. The predicted molar refractivity (Wildman–Crippen MR) is 82.6 cm³/mol. The molecule has 2 aromatic rings. The fourth-order valence-electron chi connectivity index (χ4n) is 1.91. The Kier molecular flexibility index (Phi) is 5.06. The molecule has 1 atom stereocenters. The minimum Gasteiger partial charge on any atom is -0.506 e. The van der Waals surface area contributed by atoms with E-state index in [2.05, 4.69) is 5.32 Å². The molecule has 0 aromatic heterocycles. The number of carbonyl (C=O) groups excluding carboxylic acids is 1. The smallest absolute Gasteiger partial charge is 0.333 e. The van der Waals surface area contributed by atoms with Crippen LogP contribution in [-0.4, -0.2) is 17.7 Å². The van der Waals surface area contributed by atoms with Crippen molar-refractivity contribution in [3.8, 4) is 5.75 Å². The Morgan fingerprint density at radius 3 is 2.62 bits per heavy atom. The first-order valence-electron chi connectivity index (χ1n) is 6.58. The van der Waals surface area contributed by atoms with Crippen LogP contribution in [0.15, 0.2) is 48.5 Å². The number of anilines is 1. The number of esters is 1. The number of nitrogens with one attached hydrogen (secondary N) is 1. The highest BCUT2D eigenvalue weighted by Gasteiger charge is 2.22. The highest BCUT2D eigenvalue weighted by atomic mass is 35.5. The Morgan fingerprint density at radius 2 is 2.00 bits per heavy atom. The van der Waals surface area contributed by atoms with Gasteiger partial charge in [0, 0.05) is 5.69 Å². The van der Waals surface area contributed by atoms with Crippen LogP contribution >= 0.6 is 11.6 Å². The van der Waals surface area contributed by atoms with Crippen molar-refractivity contribution in [1.82, 2.24) is 0 Å². The van der Waals surface area contributed by atoms with Gasteiger partial charge in [-0.15, -0.1) is 0 Å². The van der Waals surface area contributed by atoms with Gasteiger partial charge in [0.25, 0.3) is 0 Å². The van der Waals surface area contributed by atoms with Crippen molar-refractivity contribution in [1.29, 1.82) is 0 Å². The zero-order valence-electron chi connectivity index (χ0n) is 11.5. The van der Waals surface area contributed by atoms with Gasteiger partial charge >= 0.3 is 5.97 Å². The molecule has 0 aliphatic carbocycles. The van der Waals surface area contributed by atoms with Crippen LogP contribution in [0.1, 0.15) is 18.5 Å². The lowest BCUT2D eigenvalue weighted by atomic mass is 10.1. The predicted octanol–water partition coefficient (Wildman–Crippen LogP) is 3.76. The number of phenolic OH excluding ortho intramolecular Hbond substituents is 1. The number of aromatic hydroxyl groups is 1. The topological polar surface area (TPSA) is 58.6 Å². The van der Waals surface area contributed by atoms with Crippen LogP contribution in [0.25, 0.3) is 0 Å². The number of phenols is 1. The SMILES string of the molecule is CCOC(=O)C(Nc1ccccc1)c1ccc(O)c(Cl)c1. The summed E-state index contributed by atoms with van der Waals surface area (Å²) in [5, 5.41) is 12.8. The molecule has 21 heavy (non-hydrogen) atoms. The molecule has 0 aliphatic heterocycles. The second kappa shape index (κ2) is 6.99. The molecular formula is C16H16ClNO3. The lowest BCUT2D eigenvalue weighted by Crippen LogP contribution is -2.23. The number of ether oxygens (including phenoxy) is 1. The molecule has 5 heteroatoms. The molecule has 0 saturated heterocycles. The van der Waals surface area contributed by atoms with Crippen LogP contribution in [0, 0.1) is 0 Å². The molecule has 2 aromatic carbocycles. The highest BCUT2D eigenvalue weighted by molar-refractivity contribution is 6.32. The number of para-hydroxylation sites is 1. The van der Waals surface area contributed by atoms with Crippen molar-refractivity contribution in [3.05, 3.63) is 59.1 Å². The summed E-state index contributed by atoms with van der Waals surface area (Å²) in [7, 11) is 0. The van der Waals surface area contributed by atoms with E-state index in [-0.39, 0.29) is 17.4 Å². The Balaban J connectivity index is 2.31. The molecular weight excluding hydrogens is 290 g/mol. The molecule has 110 valence electrons. The van der Waals surface area contributed by atoms with Gasteiger partial charge in [0.15, 0.2) is 6.04 Å². The molecule has 0 fully saturated rings. The van der Waals surface area contributed by atoms with E-state index < -0.39 is 12.0 Å². The van der Waals surface area contributed by atoms with E-state index in [1.165, 1.54) is 6.07 Å². The van der Waals surface area contributed by atoms with Gasteiger partial charge in [0.1, 0.15) is 5.75 Å². The molecule has 0 spiro atoms. The monoisotopic (exact) mass is 305 g/mol. The van der Waals surface area contributed by atoms with E-state index in [9.17, 15) is 9.90 Å². The average molecular weight is 306 g/mol. The second-order valence-corrected chi connectivity index (χ2v) is 4.81. The largest absolute Gasteiger partial charge is 0.506 e. The number of rotatable bonds is 5. The van der Waals surface area contributed by atoms with E-state index in [1.54, 1.807) is 19.1 Å². The summed E-state index contributed by atoms with van der Waals surface area (Å²) >= 11 is 5.91. The maximum Gasteiger partial charge on any atom is 0.333 e. The van der Waals surface area contributed by atoms with Crippen molar-refractivity contribution in [3.63, 3.8) is 0 Å². The normalized spacial score (nSPS) is 11.7. The summed E-state index contributed by atoms with van der Waals surface area (Å²) in [5.74, 6) is -0.425. The third-order valence-electron chi connectivity index (χ3n) is 2.91. The van der Waals surface area contributed by atoms with Crippen molar-refractivity contribution < 1.29 is 14.6 Å². The van der Waals surface area contributed by atoms with Crippen LogP contribution in [0.4, 0.5) is 5.69 Å². The molecule has 0 amide bonds. The number of benzene rings is 2. The van der Waals surface area contributed by atoms with Gasteiger partial charge in [0.05, 0.1) is 11.6 Å². The Labute approximate surface area is 128 Å². The van der Waals surface area contributed by atoms with E-state index in [4.69, 9.17) is 16.3 Å². The van der Waals surface area contributed by atoms with E-state index in [1.807, 2.05) is 30.3 Å². The number of halogens is 1. The number of hydrogen-bond acceptors (Lipinski definition) is 4. The van der Waals surface area contributed by atoms with Crippen LogP contribution in [0.3, 0.4) is 0 Å². The van der Waals surface area contributed by atoms with Crippen molar-refractivity contribution in [2.24, 2.45) is 0 Å². The van der Waals surface area contributed by atoms with E-state index in [0.29, 0.717) is 5.56 Å². The van der Waals surface area contributed by atoms with Gasteiger partial charge in [-0.2, -0.15) is 0 Å². The van der Waals surface area contributed by atoms with Gasteiger partial charge in [-0.3, -0.25) is 0 Å². The molecule has 0 radical (unpaired) electrons. The lowest BCUT2D eigenvalue weighted by Gasteiger charge is -2.19. The van der Waals surface area contributed by atoms with Gasteiger partial charge in [-0.05, 0) is 36.8 Å². The van der Waals surface area contributed by atoms with Gasteiger partial charge < -0.3 is 15.2 Å². The molecule has 2 rings (SSSR count). The highest BCUT2D eigenvalue weighted by Crippen LogP contribution is 2.29. The maximum atomic E-state index is 12.2. The van der Waals surface area contributed by atoms with Gasteiger partial charge in [-0.1, -0.05) is 35.9 Å². The zero-order valence-corrected chi connectivity index (χ0v) is 12.3. The number of hydrogen-bond donors (Lipinski definition) is 2. The summed E-state index contributed by atoms with van der Waals surface area (Å²) in [4.78, 5) is 12.2. The lowest BCUT2D eigenvalue weighted by molar-refractivity contribution is -0.144. The summed E-state index contributed by atoms with van der Waals surface area (Å²) in [6.45, 7) is 2.04. The van der Waals surface area contributed by atoms with Crippen LogP contribution in [0.5, 0.6) is 5.75 Å². The van der Waals surface area contributed by atoms with Crippen molar-refractivity contribution in [2.75, 3.05) is 11.9 Å². The first kappa shape index (κ1) is 15.2. The molecule has 2 N–H and O–H groups in total. The Hall–Kier alpha value is -2.20. The van der Waals surface area contributed by atoms with Crippen molar-refractivity contribution >= 4 is 23.3 Å².